The standard InChI is InChI=1S/C13H17BrF3NS/c1-12(2,3)10(6-14)8-19-11-5-4-9(7-18-11)13(15,16)17/h4-5,7,10H,6,8H2,1-3H3. The predicted octanol–water partition coefficient (Wildman–Crippen LogP) is 5.25. The normalized spacial score (nSPS) is 14.5. The molecule has 0 N–H and O–H groups in total. The van der Waals surface area contributed by atoms with E-state index in [0.29, 0.717) is 10.9 Å². The molecule has 1 unspecified atom stereocenters. The number of nitrogens with zero attached hydrogens (tertiary/aromatic N) is 1. The third-order valence-electron chi connectivity index (χ3n) is 2.91. The van der Waals surface area contributed by atoms with Gasteiger partial charge in [-0.25, -0.2) is 4.98 Å². The topological polar surface area (TPSA) is 12.9 Å². The molecule has 0 fully saturated rings. The summed E-state index contributed by atoms with van der Waals surface area (Å²) in [6, 6.07) is 2.51. The zero-order valence-electron chi connectivity index (χ0n) is 11.1. The van der Waals surface area contributed by atoms with Crippen molar-refractivity contribution >= 4 is 27.7 Å². The fourth-order valence-electron chi connectivity index (χ4n) is 1.35. The fourth-order valence-corrected chi connectivity index (χ4v) is 4.13. The van der Waals surface area contributed by atoms with Gasteiger partial charge in [-0.2, -0.15) is 13.2 Å². The van der Waals surface area contributed by atoms with Crippen LogP contribution in [0.15, 0.2) is 23.4 Å². The number of thioether (sulfide) groups is 1. The van der Waals surface area contributed by atoms with E-state index >= 15 is 0 Å². The SMILES string of the molecule is CC(C)(C)C(CBr)CSc1ccc(C(F)(F)F)cn1. The molecule has 0 aliphatic heterocycles. The van der Waals surface area contributed by atoms with E-state index < -0.39 is 11.7 Å². The average Bonchev–Trinajstić information content (AvgIpc) is 2.27. The van der Waals surface area contributed by atoms with Crippen LogP contribution in [0.25, 0.3) is 0 Å². The van der Waals surface area contributed by atoms with Crippen LogP contribution in [0.3, 0.4) is 0 Å². The number of alkyl halides is 4. The van der Waals surface area contributed by atoms with Crippen molar-refractivity contribution in [2.45, 2.75) is 32.0 Å². The zero-order valence-corrected chi connectivity index (χ0v) is 13.5. The summed E-state index contributed by atoms with van der Waals surface area (Å²) in [6.07, 6.45) is -3.43. The Morgan fingerprint density at radius 3 is 2.26 bits per heavy atom. The van der Waals surface area contributed by atoms with Gasteiger partial charge in [0.25, 0.3) is 0 Å². The van der Waals surface area contributed by atoms with Crippen molar-refractivity contribution in [3.8, 4) is 0 Å². The Morgan fingerprint density at radius 2 is 1.89 bits per heavy atom. The van der Waals surface area contributed by atoms with Crippen molar-refractivity contribution < 1.29 is 13.2 Å². The van der Waals surface area contributed by atoms with E-state index in [0.717, 1.165) is 23.3 Å². The number of aromatic nitrogens is 1. The lowest BCUT2D eigenvalue weighted by atomic mass is 9.83. The summed E-state index contributed by atoms with van der Waals surface area (Å²) < 4.78 is 37.2. The van der Waals surface area contributed by atoms with Gasteiger partial charge in [0.05, 0.1) is 10.6 Å². The largest absolute Gasteiger partial charge is 0.417 e. The van der Waals surface area contributed by atoms with Crippen molar-refractivity contribution in [1.29, 1.82) is 0 Å². The van der Waals surface area contributed by atoms with Gasteiger partial charge in [0.1, 0.15) is 0 Å². The van der Waals surface area contributed by atoms with Gasteiger partial charge in [-0.05, 0) is 23.5 Å². The van der Waals surface area contributed by atoms with Gasteiger partial charge in [-0.1, -0.05) is 36.7 Å². The highest BCUT2D eigenvalue weighted by atomic mass is 79.9. The third kappa shape index (κ3) is 5.34. The summed E-state index contributed by atoms with van der Waals surface area (Å²) in [5.74, 6) is 1.26. The molecule has 108 valence electrons. The van der Waals surface area contributed by atoms with E-state index in [1.807, 2.05) is 0 Å². The summed E-state index contributed by atoms with van der Waals surface area (Å²) in [5, 5.41) is 1.49. The highest BCUT2D eigenvalue weighted by molar-refractivity contribution is 9.09. The van der Waals surface area contributed by atoms with Gasteiger partial charge in [-0.3, -0.25) is 0 Å². The number of pyridine rings is 1. The summed E-state index contributed by atoms with van der Waals surface area (Å²) in [4.78, 5) is 3.86. The second kappa shape index (κ2) is 6.48. The Bertz CT molecular complexity index is 398. The molecule has 1 nitrogen and oxygen atoms in total. The number of hydrogen-bond donors (Lipinski definition) is 0. The fraction of sp³-hybridized carbons (Fsp3) is 0.615. The maximum atomic E-state index is 12.4. The summed E-state index contributed by atoms with van der Waals surface area (Å²) in [5.41, 5.74) is -0.549. The van der Waals surface area contributed by atoms with Crippen molar-refractivity contribution in [3.05, 3.63) is 23.9 Å². The molecule has 0 saturated carbocycles. The van der Waals surface area contributed by atoms with Crippen LogP contribution in [-0.2, 0) is 6.18 Å². The Kier molecular flexibility index (Phi) is 5.74. The Labute approximate surface area is 124 Å². The van der Waals surface area contributed by atoms with E-state index in [1.54, 1.807) is 0 Å². The second-order valence-electron chi connectivity index (χ2n) is 5.41. The van der Waals surface area contributed by atoms with Crippen molar-refractivity contribution in [2.75, 3.05) is 11.1 Å². The molecule has 0 aliphatic rings. The van der Waals surface area contributed by atoms with Gasteiger partial charge in [0.15, 0.2) is 0 Å². The first-order valence-electron chi connectivity index (χ1n) is 5.86. The van der Waals surface area contributed by atoms with Gasteiger partial charge < -0.3 is 0 Å². The molecule has 1 atom stereocenters. The number of halogens is 4. The van der Waals surface area contributed by atoms with E-state index in [4.69, 9.17) is 0 Å². The Balaban J connectivity index is 2.64. The molecule has 19 heavy (non-hydrogen) atoms. The van der Waals surface area contributed by atoms with Crippen LogP contribution >= 0.6 is 27.7 Å². The summed E-state index contributed by atoms with van der Waals surface area (Å²) >= 11 is 4.97. The first-order chi connectivity index (χ1) is 8.64. The highest BCUT2D eigenvalue weighted by Gasteiger charge is 2.30. The van der Waals surface area contributed by atoms with E-state index in [9.17, 15) is 13.2 Å². The van der Waals surface area contributed by atoms with Crippen molar-refractivity contribution in [1.82, 2.24) is 4.98 Å². The van der Waals surface area contributed by atoms with Crippen LogP contribution in [0.1, 0.15) is 26.3 Å². The lowest BCUT2D eigenvalue weighted by molar-refractivity contribution is -0.137. The first-order valence-corrected chi connectivity index (χ1v) is 7.97. The number of rotatable bonds is 4. The average molecular weight is 356 g/mol. The second-order valence-corrected chi connectivity index (χ2v) is 7.10. The van der Waals surface area contributed by atoms with E-state index in [-0.39, 0.29) is 5.41 Å². The molecule has 0 aromatic carbocycles. The molecule has 0 radical (unpaired) electrons. The smallest absolute Gasteiger partial charge is 0.249 e. The van der Waals surface area contributed by atoms with Crippen molar-refractivity contribution in [3.63, 3.8) is 0 Å². The molecule has 0 saturated heterocycles. The molecule has 0 amide bonds. The van der Waals surface area contributed by atoms with Gasteiger partial charge in [-0.15, -0.1) is 11.8 Å². The minimum Gasteiger partial charge on any atom is -0.249 e. The zero-order chi connectivity index (χ0) is 14.7. The van der Waals surface area contributed by atoms with Gasteiger partial charge >= 0.3 is 6.18 Å². The predicted molar refractivity (Wildman–Crippen MR) is 76.7 cm³/mol. The monoisotopic (exact) mass is 355 g/mol. The molecule has 1 aromatic heterocycles. The van der Waals surface area contributed by atoms with Crippen LogP contribution in [0.5, 0.6) is 0 Å². The molecule has 0 bridgehead atoms. The van der Waals surface area contributed by atoms with Crippen LogP contribution in [0, 0.1) is 11.3 Å². The number of hydrogen-bond acceptors (Lipinski definition) is 2. The summed E-state index contributed by atoms with van der Waals surface area (Å²) in [7, 11) is 0. The van der Waals surface area contributed by atoms with E-state index in [1.165, 1.54) is 17.8 Å². The minimum absolute atomic E-state index is 0.155. The van der Waals surface area contributed by atoms with Gasteiger partial charge in [0, 0.05) is 17.3 Å². The van der Waals surface area contributed by atoms with Crippen LogP contribution in [0.4, 0.5) is 13.2 Å². The third-order valence-corrected chi connectivity index (χ3v) is 4.79. The molecular weight excluding hydrogens is 339 g/mol. The molecule has 0 aliphatic carbocycles. The van der Waals surface area contributed by atoms with Crippen molar-refractivity contribution in [2.24, 2.45) is 11.3 Å². The molecule has 6 heteroatoms. The lowest BCUT2D eigenvalue weighted by Gasteiger charge is -2.28. The molecule has 1 heterocycles. The molecule has 1 aromatic rings. The van der Waals surface area contributed by atoms with Crippen LogP contribution < -0.4 is 0 Å². The van der Waals surface area contributed by atoms with Crippen LogP contribution in [0.2, 0.25) is 0 Å². The highest BCUT2D eigenvalue weighted by Crippen LogP contribution is 2.33. The van der Waals surface area contributed by atoms with Gasteiger partial charge in [0.2, 0.25) is 0 Å². The maximum Gasteiger partial charge on any atom is 0.417 e. The molecule has 1 rings (SSSR count). The Morgan fingerprint density at radius 1 is 1.26 bits per heavy atom. The van der Waals surface area contributed by atoms with E-state index in [2.05, 4.69) is 41.7 Å². The van der Waals surface area contributed by atoms with Crippen LogP contribution in [-0.4, -0.2) is 16.1 Å². The maximum absolute atomic E-state index is 12.4. The Hall–Kier alpha value is -0.230. The quantitative estimate of drug-likeness (QED) is 0.540. The summed E-state index contributed by atoms with van der Waals surface area (Å²) in [6.45, 7) is 6.46. The lowest BCUT2D eigenvalue weighted by Crippen LogP contribution is -2.24. The molecular formula is C13H17BrF3NS. The molecule has 0 spiro atoms. The minimum atomic E-state index is -4.32. The first kappa shape index (κ1) is 16.8.